The van der Waals surface area contributed by atoms with Crippen molar-refractivity contribution >= 4 is 5.91 Å². The first kappa shape index (κ1) is 13.8. The number of likely N-dealkylation sites (tertiary alicyclic amines) is 1. The van der Waals surface area contributed by atoms with E-state index in [9.17, 15) is 4.79 Å². The SMILES string of the molecule is O=C(CCc1ccccc1)N1CCC(n2ccnn2)CC1. The third kappa shape index (κ3) is 3.48. The van der Waals surface area contributed by atoms with Crippen LogP contribution in [-0.4, -0.2) is 38.9 Å². The van der Waals surface area contributed by atoms with E-state index in [-0.39, 0.29) is 5.91 Å². The van der Waals surface area contributed by atoms with Crippen LogP contribution in [0.5, 0.6) is 0 Å². The van der Waals surface area contributed by atoms with E-state index in [0.717, 1.165) is 32.4 Å². The second kappa shape index (κ2) is 6.52. The zero-order valence-electron chi connectivity index (χ0n) is 12.1. The molecule has 1 amide bonds. The first-order valence-electron chi connectivity index (χ1n) is 7.50. The lowest BCUT2D eigenvalue weighted by atomic mass is 10.0. The van der Waals surface area contributed by atoms with Gasteiger partial charge in [-0.05, 0) is 24.8 Å². The van der Waals surface area contributed by atoms with Gasteiger partial charge in [-0.2, -0.15) is 0 Å². The van der Waals surface area contributed by atoms with E-state index in [2.05, 4.69) is 22.4 Å². The molecule has 2 heterocycles. The molecule has 1 aromatic carbocycles. The van der Waals surface area contributed by atoms with Gasteiger partial charge in [0.1, 0.15) is 0 Å². The zero-order valence-corrected chi connectivity index (χ0v) is 12.1. The van der Waals surface area contributed by atoms with Crippen molar-refractivity contribution in [2.75, 3.05) is 13.1 Å². The molecule has 3 rings (SSSR count). The summed E-state index contributed by atoms with van der Waals surface area (Å²) in [5, 5.41) is 7.90. The monoisotopic (exact) mass is 284 g/mol. The van der Waals surface area contributed by atoms with Crippen LogP contribution in [0, 0.1) is 0 Å². The van der Waals surface area contributed by atoms with Crippen LogP contribution in [0.3, 0.4) is 0 Å². The van der Waals surface area contributed by atoms with Gasteiger partial charge in [0.25, 0.3) is 0 Å². The van der Waals surface area contributed by atoms with Gasteiger partial charge in [-0.3, -0.25) is 4.79 Å². The van der Waals surface area contributed by atoms with Crippen LogP contribution in [0.2, 0.25) is 0 Å². The van der Waals surface area contributed by atoms with Crippen LogP contribution < -0.4 is 0 Å². The molecular formula is C16H20N4O. The second-order valence-electron chi connectivity index (χ2n) is 5.48. The molecule has 5 heteroatoms. The Morgan fingerprint density at radius 3 is 2.62 bits per heavy atom. The zero-order chi connectivity index (χ0) is 14.5. The minimum absolute atomic E-state index is 0.260. The molecule has 0 unspecified atom stereocenters. The highest BCUT2D eigenvalue weighted by Gasteiger charge is 2.23. The van der Waals surface area contributed by atoms with E-state index in [4.69, 9.17) is 0 Å². The lowest BCUT2D eigenvalue weighted by Gasteiger charge is -2.32. The predicted octanol–water partition coefficient (Wildman–Crippen LogP) is 2.07. The number of hydrogen-bond acceptors (Lipinski definition) is 3. The van der Waals surface area contributed by atoms with E-state index in [1.165, 1.54) is 5.56 Å². The largest absolute Gasteiger partial charge is 0.343 e. The molecule has 110 valence electrons. The average molecular weight is 284 g/mol. The molecule has 21 heavy (non-hydrogen) atoms. The van der Waals surface area contributed by atoms with Gasteiger partial charge in [-0.25, -0.2) is 4.68 Å². The van der Waals surface area contributed by atoms with Crippen molar-refractivity contribution in [1.29, 1.82) is 0 Å². The van der Waals surface area contributed by atoms with Gasteiger partial charge in [-0.15, -0.1) is 5.10 Å². The quantitative estimate of drug-likeness (QED) is 0.863. The number of amides is 1. The Labute approximate surface area is 124 Å². The molecule has 5 nitrogen and oxygen atoms in total. The first-order chi connectivity index (χ1) is 10.3. The molecular weight excluding hydrogens is 264 g/mol. The van der Waals surface area contributed by atoms with E-state index >= 15 is 0 Å². The fourth-order valence-corrected chi connectivity index (χ4v) is 2.85. The fourth-order valence-electron chi connectivity index (χ4n) is 2.85. The lowest BCUT2D eigenvalue weighted by molar-refractivity contribution is -0.132. The lowest BCUT2D eigenvalue weighted by Crippen LogP contribution is -2.39. The molecule has 1 aliphatic heterocycles. The number of carbonyl (C=O) groups excluding carboxylic acids is 1. The van der Waals surface area contributed by atoms with Crippen LogP contribution in [0.25, 0.3) is 0 Å². The standard InChI is InChI=1S/C16H20N4O/c21-16(7-6-14-4-2-1-3-5-14)19-11-8-15(9-12-19)20-13-10-17-18-20/h1-5,10,13,15H,6-9,11-12H2. The van der Waals surface area contributed by atoms with Crippen LogP contribution in [0.15, 0.2) is 42.7 Å². The number of aromatic nitrogens is 3. The van der Waals surface area contributed by atoms with Crippen molar-refractivity contribution in [1.82, 2.24) is 19.9 Å². The van der Waals surface area contributed by atoms with Gasteiger partial charge in [0.2, 0.25) is 5.91 Å². The Hall–Kier alpha value is -2.17. The average Bonchev–Trinajstić information content (AvgIpc) is 3.08. The summed E-state index contributed by atoms with van der Waals surface area (Å²) in [6.07, 6.45) is 6.94. The van der Waals surface area contributed by atoms with Gasteiger partial charge in [-0.1, -0.05) is 35.5 Å². The number of carbonyl (C=O) groups is 1. The maximum absolute atomic E-state index is 12.3. The van der Waals surface area contributed by atoms with Crippen molar-refractivity contribution in [2.45, 2.75) is 31.7 Å². The first-order valence-corrected chi connectivity index (χ1v) is 7.50. The third-order valence-electron chi connectivity index (χ3n) is 4.10. The molecule has 0 aliphatic carbocycles. The number of hydrogen-bond donors (Lipinski definition) is 0. The highest BCUT2D eigenvalue weighted by atomic mass is 16.2. The van der Waals surface area contributed by atoms with Gasteiger partial charge in [0.05, 0.1) is 12.2 Å². The maximum atomic E-state index is 12.3. The van der Waals surface area contributed by atoms with Crippen molar-refractivity contribution in [3.8, 4) is 0 Å². The Balaban J connectivity index is 1.47. The number of aryl methyl sites for hydroxylation is 1. The van der Waals surface area contributed by atoms with Crippen LogP contribution in [0.4, 0.5) is 0 Å². The van der Waals surface area contributed by atoms with Crippen molar-refractivity contribution in [2.24, 2.45) is 0 Å². The highest BCUT2D eigenvalue weighted by molar-refractivity contribution is 5.76. The summed E-state index contributed by atoms with van der Waals surface area (Å²) < 4.78 is 1.91. The Bertz CT molecular complexity index is 559. The number of nitrogens with zero attached hydrogens (tertiary/aromatic N) is 4. The van der Waals surface area contributed by atoms with Crippen LogP contribution in [0.1, 0.15) is 30.9 Å². The number of piperidine rings is 1. The van der Waals surface area contributed by atoms with Crippen molar-refractivity contribution < 1.29 is 4.79 Å². The molecule has 1 fully saturated rings. The van der Waals surface area contributed by atoms with Gasteiger partial charge >= 0.3 is 0 Å². The molecule has 1 aliphatic rings. The minimum Gasteiger partial charge on any atom is -0.343 e. The molecule has 0 atom stereocenters. The van der Waals surface area contributed by atoms with Crippen molar-refractivity contribution in [3.05, 3.63) is 48.3 Å². The Kier molecular flexibility index (Phi) is 4.28. The van der Waals surface area contributed by atoms with Gasteiger partial charge in [0, 0.05) is 25.7 Å². The molecule has 1 aromatic heterocycles. The molecule has 0 saturated carbocycles. The van der Waals surface area contributed by atoms with Crippen LogP contribution in [-0.2, 0) is 11.2 Å². The second-order valence-corrected chi connectivity index (χ2v) is 5.48. The maximum Gasteiger partial charge on any atom is 0.222 e. The number of benzene rings is 1. The van der Waals surface area contributed by atoms with Gasteiger partial charge < -0.3 is 4.90 Å². The summed E-state index contributed by atoms with van der Waals surface area (Å²) in [5.41, 5.74) is 1.23. The van der Waals surface area contributed by atoms with E-state index in [0.29, 0.717) is 12.5 Å². The summed E-state index contributed by atoms with van der Waals surface area (Å²) in [4.78, 5) is 14.2. The highest BCUT2D eigenvalue weighted by Crippen LogP contribution is 2.21. The normalized spacial score (nSPS) is 16.1. The van der Waals surface area contributed by atoms with E-state index < -0.39 is 0 Å². The molecule has 2 aromatic rings. The summed E-state index contributed by atoms with van der Waals surface area (Å²) in [6, 6.07) is 10.6. The summed E-state index contributed by atoms with van der Waals surface area (Å²) in [7, 11) is 0. The molecule has 0 bridgehead atoms. The summed E-state index contributed by atoms with van der Waals surface area (Å²) >= 11 is 0. The van der Waals surface area contributed by atoms with Gasteiger partial charge in [0.15, 0.2) is 0 Å². The molecule has 1 saturated heterocycles. The smallest absolute Gasteiger partial charge is 0.222 e. The summed E-state index contributed by atoms with van der Waals surface area (Å²) in [5.74, 6) is 0.260. The topological polar surface area (TPSA) is 51.0 Å². The Morgan fingerprint density at radius 2 is 1.95 bits per heavy atom. The number of rotatable bonds is 4. The minimum atomic E-state index is 0.260. The predicted molar refractivity (Wildman–Crippen MR) is 79.6 cm³/mol. The molecule has 0 radical (unpaired) electrons. The van der Waals surface area contributed by atoms with E-state index in [1.807, 2.05) is 34.0 Å². The van der Waals surface area contributed by atoms with Crippen molar-refractivity contribution in [3.63, 3.8) is 0 Å². The van der Waals surface area contributed by atoms with Crippen LogP contribution >= 0.6 is 0 Å². The fraction of sp³-hybridized carbons (Fsp3) is 0.438. The van der Waals surface area contributed by atoms with E-state index in [1.54, 1.807) is 6.20 Å². The third-order valence-corrected chi connectivity index (χ3v) is 4.10. The molecule has 0 spiro atoms. The molecule has 0 N–H and O–H groups in total. The summed E-state index contributed by atoms with van der Waals surface area (Å²) in [6.45, 7) is 1.64. The Morgan fingerprint density at radius 1 is 1.19 bits per heavy atom.